The number of thiophene rings is 1. The van der Waals surface area contributed by atoms with Crippen molar-refractivity contribution >= 4 is 27.5 Å². The number of fused-ring (bicyclic) bond motifs is 5. The van der Waals surface area contributed by atoms with Gasteiger partial charge in [0.1, 0.15) is 10.5 Å². The minimum atomic E-state index is -0.0757. The summed E-state index contributed by atoms with van der Waals surface area (Å²) in [6.45, 7) is 2.37. The molecule has 3 saturated heterocycles. The smallest absolute Gasteiger partial charge is 0.268 e. The molecule has 8 heteroatoms. The van der Waals surface area contributed by atoms with Crippen molar-refractivity contribution in [1.82, 2.24) is 19.8 Å². The lowest BCUT2D eigenvalue weighted by atomic mass is 9.72. The van der Waals surface area contributed by atoms with Crippen LogP contribution in [0, 0.1) is 11.8 Å². The Labute approximate surface area is 161 Å². The summed E-state index contributed by atoms with van der Waals surface area (Å²) in [4.78, 5) is 36.6. The lowest BCUT2D eigenvalue weighted by molar-refractivity contribution is -0.155. The van der Waals surface area contributed by atoms with Crippen molar-refractivity contribution in [1.29, 1.82) is 0 Å². The van der Waals surface area contributed by atoms with Crippen molar-refractivity contribution in [2.45, 2.75) is 44.3 Å². The van der Waals surface area contributed by atoms with E-state index < -0.39 is 0 Å². The van der Waals surface area contributed by atoms with E-state index in [0.717, 1.165) is 37.9 Å². The SMILES string of the molecule is O=C1CCC[C@H]2[C@@H]3C[C@@H](CN(Cc4nc5ccsc5c(=O)[nH]4)C3)[C@H](CO)N12. The molecule has 0 spiro atoms. The number of nitrogens with one attached hydrogen (secondary N) is 1. The Morgan fingerprint density at radius 3 is 3.00 bits per heavy atom. The molecule has 3 aliphatic heterocycles. The number of hydrogen-bond donors (Lipinski definition) is 2. The van der Waals surface area contributed by atoms with E-state index in [-0.39, 0.29) is 36.1 Å². The molecule has 2 aromatic rings. The summed E-state index contributed by atoms with van der Waals surface area (Å²) in [6.07, 6.45) is 3.66. The molecule has 0 radical (unpaired) electrons. The molecule has 3 fully saturated rings. The van der Waals surface area contributed by atoms with E-state index in [1.54, 1.807) is 0 Å². The lowest BCUT2D eigenvalue weighted by Gasteiger charge is -2.56. The molecular formula is C19H24N4O3S. The van der Waals surface area contributed by atoms with Gasteiger partial charge in [0.25, 0.3) is 5.56 Å². The first-order chi connectivity index (χ1) is 13.1. The molecule has 0 aromatic carbocycles. The predicted molar refractivity (Wildman–Crippen MR) is 102 cm³/mol. The van der Waals surface area contributed by atoms with E-state index in [0.29, 0.717) is 29.4 Å². The van der Waals surface area contributed by atoms with Crippen molar-refractivity contribution in [3.05, 3.63) is 27.6 Å². The molecular weight excluding hydrogens is 364 g/mol. The fourth-order valence-corrected chi connectivity index (χ4v) is 6.17. The van der Waals surface area contributed by atoms with Crippen molar-refractivity contribution < 1.29 is 9.90 Å². The van der Waals surface area contributed by atoms with Crippen LogP contribution in [-0.4, -0.2) is 62.6 Å². The molecule has 2 bridgehead atoms. The zero-order valence-electron chi connectivity index (χ0n) is 15.1. The highest BCUT2D eigenvalue weighted by Crippen LogP contribution is 2.41. The lowest BCUT2D eigenvalue weighted by Crippen LogP contribution is -2.65. The van der Waals surface area contributed by atoms with Crippen molar-refractivity contribution in [2.75, 3.05) is 19.7 Å². The summed E-state index contributed by atoms with van der Waals surface area (Å²) in [7, 11) is 0. The quantitative estimate of drug-likeness (QED) is 0.824. The summed E-state index contributed by atoms with van der Waals surface area (Å²) in [5.41, 5.74) is 0.688. The molecule has 2 aromatic heterocycles. The molecule has 1 amide bonds. The van der Waals surface area contributed by atoms with Crippen LogP contribution >= 0.6 is 11.3 Å². The van der Waals surface area contributed by atoms with E-state index in [9.17, 15) is 14.7 Å². The molecule has 2 N–H and O–H groups in total. The predicted octanol–water partition coefficient (Wildman–Crippen LogP) is 1.18. The molecule has 5 heterocycles. The Kier molecular flexibility index (Phi) is 4.29. The van der Waals surface area contributed by atoms with Crippen LogP contribution in [0.2, 0.25) is 0 Å². The van der Waals surface area contributed by atoms with Crippen LogP contribution in [0.4, 0.5) is 0 Å². The van der Waals surface area contributed by atoms with Crippen LogP contribution in [0.25, 0.3) is 10.2 Å². The van der Waals surface area contributed by atoms with Gasteiger partial charge in [0.2, 0.25) is 5.91 Å². The number of aliphatic hydroxyl groups is 1. The average Bonchev–Trinajstić information content (AvgIpc) is 3.12. The molecule has 27 heavy (non-hydrogen) atoms. The maximum absolute atomic E-state index is 12.5. The van der Waals surface area contributed by atoms with Gasteiger partial charge in [-0.2, -0.15) is 0 Å². The number of piperidine rings is 3. The Morgan fingerprint density at radius 1 is 1.30 bits per heavy atom. The van der Waals surface area contributed by atoms with Gasteiger partial charge in [-0.1, -0.05) is 0 Å². The molecule has 7 nitrogen and oxygen atoms in total. The average molecular weight is 388 g/mol. The fraction of sp³-hybridized carbons (Fsp3) is 0.632. The van der Waals surface area contributed by atoms with Crippen LogP contribution in [0.3, 0.4) is 0 Å². The Morgan fingerprint density at radius 2 is 2.15 bits per heavy atom. The minimum absolute atomic E-state index is 0.0312. The number of nitrogens with zero attached hydrogens (tertiary/aromatic N) is 3. The number of aromatic amines is 1. The summed E-state index contributed by atoms with van der Waals surface area (Å²) < 4.78 is 0.672. The summed E-state index contributed by atoms with van der Waals surface area (Å²) in [5.74, 6) is 1.63. The van der Waals surface area contributed by atoms with E-state index >= 15 is 0 Å². The topological polar surface area (TPSA) is 89.5 Å². The Hall–Kier alpha value is -1.77. The number of amides is 1. The molecule has 0 unspecified atom stereocenters. The Bertz CT molecular complexity index is 911. The van der Waals surface area contributed by atoms with E-state index in [1.807, 2.05) is 16.3 Å². The van der Waals surface area contributed by atoms with Gasteiger partial charge < -0.3 is 15.0 Å². The van der Waals surface area contributed by atoms with Gasteiger partial charge in [-0.3, -0.25) is 14.5 Å². The van der Waals surface area contributed by atoms with Gasteiger partial charge in [-0.15, -0.1) is 11.3 Å². The van der Waals surface area contributed by atoms with Crippen molar-refractivity contribution in [2.24, 2.45) is 11.8 Å². The van der Waals surface area contributed by atoms with E-state index in [2.05, 4.69) is 14.9 Å². The van der Waals surface area contributed by atoms with Gasteiger partial charge >= 0.3 is 0 Å². The van der Waals surface area contributed by atoms with Crippen molar-refractivity contribution in [3.8, 4) is 0 Å². The van der Waals surface area contributed by atoms with Gasteiger partial charge in [0, 0.05) is 25.6 Å². The first-order valence-corrected chi connectivity index (χ1v) is 10.6. The molecule has 0 saturated carbocycles. The number of carbonyl (C=O) groups excluding carboxylic acids is 1. The zero-order chi connectivity index (χ0) is 18.5. The highest BCUT2D eigenvalue weighted by atomic mass is 32.1. The molecule has 5 rings (SSSR count). The van der Waals surface area contributed by atoms with Gasteiger partial charge in [-0.05, 0) is 42.5 Å². The third-order valence-corrected chi connectivity index (χ3v) is 7.40. The minimum Gasteiger partial charge on any atom is -0.394 e. The Balaban J connectivity index is 1.40. The first kappa shape index (κ1) is 17.3. The number of likely N-dealkylation sites (tertiary alicyclic amines) is 1. The highest BCUT2D eigenvalue weighted by molar-refractivity contribution is 7.17. The standard InChI is InChI=1S/C19H24N4O3S/c24-10-15-12-6-11(14-2-1-3-17(25)23(14)15)7-22(8-12)9-16-20-13-4-5-27-18(13)19(26)21-16/h4-5,11-12,14-15,24H,1-3,6-10H2,(H,20,21,26)/t11-,12+,14+,15+/m1/s1. The largest absolute Gasteiger partial charge is 0.394 e. The molecule has 0 aliphatic carbocycles. The second kappa shape index (κ2) is 6.68. The number of aliphatic hydroxyl groups excluding tert-OH is 1. The van der Waals surface area contributed by atoms with Gasteiger partial charge in [0.15, 0.2) is 0 Å². The van der Waals surface area contributed by atoms with Gasteiger partial charge in [0.05, 0.1) is 24.7 Å². The molecule has 3 aliphatic rings. The van der Waals surface area contributed by atoms with Crippen LogP contribution < -0.4 is 5.56 Å². The molecule has 4 atom stereocenters. The first-order valence-electron chi connectivity index (χ1n) is 9.75. The summed E-state index contributed by atoms with van der Waals surface area (Å²) in [5, 5.41) is 11.9. The monoisotopic (exact) mass is 388 g/mol. The van der Waals surface area contributed by atoms with Crippen LogP contribution in [0.5, 0.6) is 0 Å². The second-order valence-electron chi connectivity index (χ2n) is 8.11. The number of carbonyl (C=O) groups is 1. The number of H-pyrrole nitrogens is 1. The second-order valence-corrected chi connectivity index (χ2v) is 9.02. The molecule has 144 valence electrons. The maximum Gasteiger partial charge on any atom is 0.268 e. The third-order valence-electron chi connectivity index (χ3n) is 6.50. The zero-order valence-corrected chi connectivity index (χ0v) is 16.0. The summed E-state index contributed by atoms with van der Waals surface area (Å²) in [6, 6.07) is 2.05. The normalized spacial score (nSPS) is 31.3. The summed E-state index contributed by atoms with van der Waals surface area (Å²) >= 11 is 1.41. The maximum atomic E-state index is 12.5. The number of hydrogen-bond acceptors (Lipinski definition) is 6. The number of rotatable bonds is 3. The van der Waals surface area contributed by atoms with Crippen molar-refractivity contribution in [3.63, 3.8) is 0 Å². The van der Waals surface area contributed by atoms with Gasteiger partial charge in [-0.25, -0.2) is 4.98 Å². The van der Waals surface area contributed by atoms with E-state index in [4.69, 9.17) is 0 Å². The third kappa shape index (κ3) is 2.90. The van der Waals surface area contributed by atoms with Crippen LogP contribution in [0.15, 0.2) is 16.2 Å². The fourth-order valence-electron chi connectivity index (χ4n) is 5.44. The van der Waals surface area contributed by atoms with Crippen LogP contribution in [0.1, 0.15) is 31.5 Å². The van der Waals surface area contributed by atoms with E-state index in [1.165, 1.54) is 11.3 Å². The van der Waals surface area contributed by atoms with Crippen LogP contribution in [-0.2, 0) is 11.3 Å². The number of aromatic nitrogens is 2. The highest BCUT2D eigenvalue weighted by Gasteiger charge is 2.49.